The van der Waals surface area contributed by atoms with Gasteiger partial charge in [0.05, 0.1) is 13.2 Å². The summed E-state index contributed by atoms with van der Waals surface area (Å²) < 4.78 is 5.28. The lowest BCUT2D eigenvalue weighted by molar-refractivity contribution is 0.0821. The first kappa shape index (κ1) is 14.4. The molecule has 1 heterocycles. The maximum atomic E-state index is 9.47. The number of hydrogen-bond donors (Lipinski definition) is 1. The largest absolute Gasteiger partial charge is 0.496 e. The van der Waals surface area contributed by atoms with Gasteiger partial charge in [-0.2, -0.15) is 0 Å². The fraction of sp³-hybridized carbons (Fsp3) is 0.625. The van der Waals surface area contributed by atoms with E-state index in [0.717, 1.165) is 44.6 Å². The van der Waals surface area contributed by atoms with Crippen molar-refractivity contribution in [2.75, 3.05) is 26.7 Å². The molecule has 1 aliphatic heterocycles. The summed E-state index contributed by atoms with van der Waals surface area (Å²) in [5.41, 5.74) is 2.59. The molecular weight excluding hydrogens is 238 g/mol. The van der Waals surface area contributed by atoms with Crippen LogP contribution >= 0.6 is 0 Å². The van der Waals surface area contributed by atoms with Crippen molar-refractivity contribution in [3.05, 3.63) is 29.3 Å². The Morgan fingerprint density at radius 3 is 2.68 bits per heavy atom. The zero-order valence-corrected chi connectivity index (χ0v) is 12.1. The second kappa shape index (κ2) is 6.92. The topological polar surface area (TPSA) is 32.7 Å². The van der Waals surface area contributed by atoms with E-state index in [-0.39, 0.29) is 6.10 Å². The van der Waals surface area contributed by atoms with Crippen LogP contribution in [0.5, 0.6) is 5.75 Å². The highest BCUT2D eigenvalue weighted by Gasteiger charge is 2.16. The summed E-state index contributed by atoms with van der Waals surface area (Å²) in [6, 6.07) is 6.44. The molecule has 1 N–H and O–H groups in total. The number of aryl methyl sites for hydroxylation is 2. The average Bonchev–Trinajstić information content (AvgIpc) is 2.41. The lowest BCUT2D eigenvalue weighted by Crippen LogP contribution is -2.36. The number of aliphatic hydroxyl groups is 1. The molecule has 3 nitrogen and oxygen atoms in total. The smallest absolute Gasteiger partial charge is 0.121 e. The molecule has 0 bridgehead atoms. The number of benzene rings is 1. The van der Waals surface area contributed by atoms with Gasteiger partial charge in [-0.15, -0.1) is 0 Å². The molecule has 0 saturated carbocycles. The Balaban J connectivity index is 1.75. The molecule has 1 aromatic carbocycles. The second-order valence-corrected chi connectivity index (χ2v) is 5.48. The molecule has 0 aliphatic carbocycles. The van der Waals surface area contributed by atoms with E-state index < -0.39 is 0 Å². The first-order chi connectivity index (χ1) is 9.19. The number of piperidine rings is 1. The van der Waals surface area contributed by atoms with Gasteiger partial charge in [0.15, 0.2) is 0 Å². The van der Waals surface area contributed by atoms with Gasteiger partial charge in [0.25, 0.3) is 0 Å². The number of likely N-dealkylation sites (tertiary alicyclic amines) is 1. The van der Waals surface area contributed by atoms with Gasteiger partial charge in [0.2, 0.25) is 0 Å². The molecule has 2 rings (SSSR count). The molecule has 0 radical (unpaired) electrons. The third-order valence-corrected chi connectivity index (χ3v) is 3.96. The summed E-state index contributed by atoms with van der Waals surface area (Å²) >= 11 is 0. The Morgan fingerprint density at radius 2 is 2.05 bits per heavy atom. The fourth-order valence-corrected chi connectivity index (χ4v) is 2.75. The molecule has 1 aromatic rings. The van der Waals surface area contributed by atoms with Crippen molar-refractivity contribution in [3.63, 3.8) is 0 Å². The molecule has 0 spiro atoms. The van der Waals surface area contributed by atoms with E-state index in [1.54, 1.807) is 7.11 Å². The number of hydrogen-bond acceptors (Lipinski definition) is 3. The molecule has 3 heteroatoms. The van der Waals surface area contributed by atoms with Crippen LogP contribution in [0.25, 0.3) is 0 Å². The Labute approximate surface area is 116 Å². The minimum atomic E-state index is -0.0690. The SMILES string of the molecule is COc1ccc(CCCN2CCC(O)CC2)cc1C. The maximum Gasteiger partial charge on any atom is 0.121 e. The molecule has 0 amide bonds. The van der Waals surface area contributed by atoms with Gasteiger partial charge < -0.3 is 14.7 Å². The third-order valence-electron chi connectivity index (χ3n) is 3.96. The first-order valence-corrected chi connectivity index (χ1v) is 7.23. The van der Waals surface area contributed by atoms with E-state index in [4.69, 9.17) is 4.74 Å². The molecule has 0 aromatic heterocycles. The monoisotopic (exact) mass is 263 g/mol. The molecule has 1 saturated heterocycles. The van der Waals surface area contributed by atoms with Gasteiger partial charge in [-0.3, -0.25) is 0 Å². The van der Waals surface area contributed by atoms with Gasteiger partial charge in [0.1, 0.15) is 5.75 Å². The molecular formula is C16H25NO2. The quantitative estimate of drug-likeness (QED) is 0.885. The summed E-state index contributed by atoms with van der Waals surface area (Å²) in [5.74, 6) is 0.966. The van der Waals surface area contributed by atoms with Gasteiger partial charge in [-0.1, -0.05) is 12.1 Å². The van der Waals surface area contributed by atoms with Crippen molar-refractivity contribution in [3.8, 4) is 5.75 Å². The molecule has 0 atom stereocenters. The number of ether oxygens (including phenoxy) is 1. The van der Waals surface area contributed by atoms with E-state index in [1.165, 1.54) is 17.5 Å². The van der Waals surface area contributed by atoms with Crippen molar-refractivity contribution in [2.24, 2.45) is 0 Å². The zero-order chi connectivity index (χ0) is 13.7. The Morgan fingerprint density at radius 1 is 1.32 bits per heavy atom. The fourth-order valence-electron chi connectivity index (χ4n) is 2.75. The number of nitrogens with zero attached hydrogens (tertiary/aromatic N) is 1. The van der Waals surface area contributed by atoms with E-state index in [2.05, 4.69) is 30.0 Å². The minimum absolute atomic E-state index is 0.0690. The zero-order valence-electron chi connectivity index (χ0n) is 12.1. The number of rotatable bonds is 5. The first-order valence-electron chi connectivity index (χ1n) is 7.23. The van der Waals surface area contributed by atoms with Crippen molar-refractivity contribution in [1.82, 2.24) is 4.90 Å². The van der Waals surface area contributed by atoms with Crippen molar-refractivity contribution in [2.45, 2.75) is 38.7 Å². The molecule has 0 unspecified atom stereocenters. The van der Waals surface area contributed by atoms with Crippen LogP contribution in [0.3, 0.4) is 0 Å². The lowest BCUT2D eigenvalue weighted by Gasteiger charge is -2.29. The Hall–Kier alpha value is -1.06. The Bertz CT molecular complexity index is 398. The van der Waals surface area contributed by atoms with E-state index in [9.17, 15) is 5.11 Å². The van der Waals surface area contributed by atoms with Gasteiger partial charge in [-0.05, 0) is 56.3 Å². The molecule has 106 valence electrons. The molecule has 1 aliphatic rings. The predicted octanol–water partition coefficient (Wildman–Crippen LogP) is 2.39. The van der Waals surface area contributed by atoms with Crippen LogP contribution in [0.15, 0.2) is 18.2 Å². The van der Waals surface area contributed by atoms with Crippen molar-refractivity contribution >= 4 is 0 Å². The minimum Gasteiger partial charge on any atom is -0.496 e. The lowest BCUT2D eigenvalue weighted by atomic mass is 10.0. The van der Waals surface area contributed by atoms with Crippen LogP contribution in [0.4, 0.5) is 0 Å². The van der Waals surface area contributed by atoms with Crippen LogP contribution in [-0.2, 0) is 6.42 Å². The normalized spacial score (nSPS) is 17.6. The Kier molecular flexibility index (Phi) is 5.23. The predicted molar refractivity (Wildman–Crippen MR) is 77.7 cm³/mol. The van der Waals surface area contributed by atoms with Crippen LogP contribution in [0.1, 0.15) is 30.4 Å². The van der Waals surface area contributed by atoms with Gasteiger partial charge in [-0.25, -0.2) is 0 Å². The van der Waals surface area contributed by atoms with Gasteiger partial charge in [0, 0.05) is 13.1 Å². The maximum absolute atomic E-state index is 9.47. The van der Waals surface area contributed by atoms with E-state index >= 15 is 0 Å². The van der Waals surface area contributed by atoms with Crippen LogP contribution in [0, 0.1) is 6.92 Å². The van der Waals surface area contributed by atoms with Crippen LogP contribution < -0.4 is 4.74 Å². The summed E-state index contributed by atoms with van der Waals surface area (Å²) in [5, 5.41) is 9.47. The number of aliphatic hydroxyl groups excluding tert-OH is 1. The van der Waals surface area contributed by atoms with E-state index in [1.807, 2.05) is 0 Å². The van der Waals surface area contributed by atoms with E-state index in [0.29, 0.717) is 0 Å². The highest BCUT2D eigenvalue weighted by atomic mass is 16.5. The molecule has 19 heavy (non-hydrogen) atoms. The number of methoxy groups -OCH3 is 1. The third kappa shape index (κ3) is 4.22. The van der Waals surface area contributed by atoms with Crippen LogP contribution in [-0.4, -0.2) is 42.9 Å². The second-order valence-electron chi connectivity index (χ2n) is 5.48. The molecule has 1 fully saturated rings. The van der Waals surface area contributed by atoms with Crippen LogP contribution in [0.2, 0.25) is 0 Å². The highest BCUT2D eigenvalue weighted by molar-refractivity contribution is 5.36. The summed E-state index contributed by atoms with van der Waals surface area (Å²) in [6.07, 6.45) is 4.09. The summed E-state index contributed by atoms with van der Waals surface area (Å²) in [6.45, 7) is 5.32. The van der Waals surface area contributed by atoms with Crippen molar-refractivity contribution in [1.29, 1.82) is 0 Å². The average molecular weight is 263 g/mol. The summed E-state index contributed by atoms with van der Waals surface area (Å²) in [4.78, 5) is 2.46. The van der Waals surface area contributed by atoms with Gasteiger partial charge >= 0.3 is 0 Å². The van der Waals surface area contributed by atoms with Crippen molar-refractivity contribution < 1.29 is 9.84 Å². The summed E-state index contributed by atoms with van der Waals surface area (Å²) in [7, 11) is 1.72. The highest BCUT2D eigenvalue weighted by Crippen LogP contribution is 2.19. The standard InChI is InChI=1S/C16H25NO2/c1-13-12-14(5-6-16(13)19-2)4-3-9-17-10-7-15(18)8-11-17/h5-6,12,15,18H,3-4,7-11H2,1-2H3.